The van der Waals surface area contributed by atoms with Gasteiger partial charge >= 0.3 is 13.1 Å². The van der Waals surface area contributed by atoms with E-state index in [1.54, 1.807) is 0 Å². The Morgan fingerprint density at radius 2 is 1.93 bits per heavy atom. The molecule has 12 heteroatoms. The van der Waals surface area contributed by atoms with Crippen molar-refractivity contribution in [3.8, 4) is 11.5 Å². The number of nitrogens with zero attached hydrogens (tertiary/aromatic N) is 1. The Kier molecular flexibility index (Phi) is 8.04. The molecule has 1 atom stereocenters. The lowest BCUT2D eigenvalue weighted by molar-refractivity contribution is -0.140. The predicted octanol–water partition coefficient (Wildman–Crippen LogP) is -1.32. The van der Waals surface area contributed by atoms with Gasteiger partial charge in [-0.25, -0.2) is 4.79 Å². The molecule has 0 bridgehead atoms. The normalized spacial score (nSPS) is 14.7. The molecule has 0 aromatic heterocycles. The van der Waals surface area contributed by atoms with Crippen molar-refractivity contribution in [3.05, 3.63) is 23.3 Å². The molecule has 1 aromatic rings. The molecule has 1 aliphatic rings. The average Bonchev–Trinajstić information content (AvgIpc) is 2.61. The Morgan fingerprint density at radius 3 is 2.50 bits per heavy atom. The minimum atomic E-state index is -1.57. The van der Waals surface area contributed by atoms with E-state index in [0.29, 0.717) is 6.42 Å². The fourth-order valence-electron chi connectivity index (χ4n) is 3.09. The highest BCUT2D eigenvalue weighted by atomic mass is 16.5. The summed E-state index contributed by atoms with van der Waals surface area (Å²) in [4.78, 5) is 36.0. The maximum Gasteiger partial charge on any atom is 0.451 e. The van der Waals surface area contributed by atoms with Crippen LogP contribution in [0, 0.1) is 0 Å². The first kappa shape index (κ1) is 23.5. The molecule has 2 amide bonds. The van der Waals surface area contributed by atoms with Crippen molar-refractivity contribution in [2.75, 3.05) is 13.1 Å². The lowest BCUT2D eigenvalue weighted by atomic mass is 9.82. The van der Waals surface area contributed by atoms with Crippen molar-refractivity contribution in [3.63, 3.8) is 0 Å². The molecule has 0 saturated carbocycles. The number of carboxylic acids is 1. The molecule has 0 aliphatic carbocycles. The van der Waals surface area contributed by atoms with Gasteiger partial charge in [0.1, 0.15) is 23.2 Å². The lowest BCUT2D eigenvalue weighted by Crippen LogP contribution is -2.57. The fourth-order valence-corrected chi connectivity index (χ4v) is 3.09. The Labute approximate surface area is 173 Å². The second-order valence-corrected chi connectivity index (χ2v) is 7.28. The quantitative estimate of drug-likeness (QED) is 0.234. The van der Waals surface area contributed by atoms with Crippen molar-refractivity contribution in [1.29, 1.82) is 0 Å². The number of aryl methyl sites for hydroxylation is 1. The number of aromatic carboxylic acids is 1. The van der Waals surface area contributed by atoms with Crippen molar-refractivity contribution in [2.45, 2.75) is 44.1 Å². The molecule has 0 radical (unpaired) electrons. The van der Waals surface area contributed by atoms with Crippen LogP contribution in [0.4, 0.5) is 0 Å². The van der Waals surface area contributed by atoms with Crippen LogP contribution in [0.3, 0.4) is 0 Å². The number of rotatable bonds is 11. The molecule has 164 valence electrons. The summed E-state index contributed by atoms with van der Waals surface area (Å²) in [5, 5.41) is 37.6. The van der Waals surface area contributed by atoms with E-state index in [4.69, 9.17) is 26.3 Å². The molecule has 1 heterocycles. The van der Waals surface area contributed by atoms with Gasteiger partial charge in [-0.3, -0.25) is 9.59 Å². The van der Waals surface area contributed by atoms with Crippen LogP contribution in [0.1, 0.15) is 35.2 Å². The number of likely N-dealkylation sites (tertiary alicyclic amines) is 1. The zero-order valence-corrected chi connectivity index (χ0v) is 16.4. The summed E-state index contributed by atoms with van der Waals surface area (Å²) in [5.74, 6) is -2.60. The highest BCUT2D eigenvalue weighted by Gasteiger charge is 2.34. The zero-order chi connectivity index (χ0) is 22.4. The van der Waals surface area contributed by atoms with Crippen molar-refractivity contribution < 1.29 is 39.4 Å². The number of carboxylic acid groups (broad SMARTS) is 1. The van der Waals surface area contributed by atoms with Gasteiger partial charge in [0, 0.05) is 18.9 Å². The summed E-state index contributed by atoms with van der Waals surface area (Å²) >= 11 is 0. The molecule has 8 N–H and O–H groups in total. The van der Waals surface area contributed by atoms with Gasteiger partial charge in [-0.2, -0.15) is 0 Å². The molecule has 30 heavy (non-hydrogen) atoms. The molecule has 1 unspecified atom stereocenters. The number of amides is 2. The van der Waals surface area contributed by atoms with Crippen molar-refractivity contribution in [2.24, 2.45) is 11.5 Å². The maximum atomic E-state index is 12.2. The van der Waals surface area contributed by atoms with E-state index in [1.807, 2.05) is 0 Å². The number of carbonyl (C=O) groups is 3. The first-order chi connectivity index (χ1) is 14.1. The van der Waals surface area contributed by atoms with Crippen LogP contribution in [-0.2, 0) is 16.0 Å². The molecular weight excluding hydrogens is 397 g/mol. The summed E-state index contributed by atoms with van der Waals surface area (Å²) in [7, 11) is -1.57. The Morgan fingerprint density at radius 1 is 1.27 bits per heavy atom. The Hall–Kier alpha value is -2.83. The topological polar surface area (TPSA) is 197 Å². The fraction of sp³-hybridized carbons (Fsp3) is 0.500. The third-order valence-electron chi connectivity index (χ3n) is 4.80. The molecule has 11 nitrogen and oxygen atoms in total. The molecule has 2 rings (SSSR count). The Bertz CT molecular complexity index is 798. The minimum absolute atomic E-state index is 0.0384. The number of carbonyl (C=O) groups excluding carboxylic acids is 2. The molecule has 1 aliphatic heterocycles. The monoisotopic (exact) mass is 423 g/mol. The molecule has 0 spiro atoms. The number of nitrogens with two attached hydrogens (primary N) is 2. The summed E-state index contributed by atoms with van der Waals surface area (Å²) < 4.78 is 5.64. The second-order valence-electron chi connectivity index (χ2n) is 7.28. The molecular formula is C18H26BN3O8. The van der Waals surface area contributed by atoms with Gasteiger partial charge in [0.2, 0.25) is 11.8 Å². The van der Waals surface area contributed by atoms with Gasteiger partial charge in [-0.1, -0.05) is 6.07 Å². The molecule has 1 aromatic carbocycles. The van der Waals surface area contributed by atoms with E-state index in [2.05, 4.69) is 0 Å². The average molecular weight is 423 g/mol. The van der Waals surface area contributed by atoms with Gasteiger partial charge in [-0.05, 0) is 30.8 Å². The van der Waals surface area contributed by atoms with E-state index in [-0.39, 0.29) is 55.9 Å². The highest BCUT2D eigenvalue weighted by molar-refractivity contribution is 6.41. The summed E-state index contributed by atoms with van der Waals surface area (Å²) in [6.45, 7) is 0.472. The van der Waals surface area contributed by atoms with Crippen LogP contribution < -0.4 is 16.2 Å². The minimum Gasteiger partial charge on any atom is -0.507 e. The maximum absolute atomic E-state index is 12.2. The van der Waals surface area contributed by atoms with Gasteiger partial charge in [-0.15, -0.1) is 0 Å². The number of hydrogen-bond donors (Lipinski definition) is 6. The summed E-state index contributed by atoms with van der Waals surface area (Å²) in [6, 6.07) is 2.37. The standard InChI is InChI=1S/C18H26BN3O8/c20-11(2-4-14(21)23)7-15(24)22-8-12(9-22)30-13-3-1-10(5-6-19(28)29)17(25)16(13)18(26)27/h1,3,11-12,25,28-29H,2,4-9,20H2,(H2,21,23)(H,26,27). The first-order valence-electron chi connectivity index (χ1n) is 9.51. The first-order valence-corrected chi connectivity index (χ1v) is 9.51. The molecule has 1 saturated heterocycles. The van der Waals surface area contributed by atoms with Gasteiger partial charge in [0.25, 0.3) is 0 Å². The number of ether oxygens (including phenoxy) is 1. The smallest absolute Gasteiger partial charge is 0.451 e. The van der Waals surface area contributed by atoms with E-state index in [0.717, 1.165) is 0 Å². The van der Waals surface area contributed by atoms with E-state index in [1.165, 1.54) is 17.0 Å². The number of hydrogen-bond acceptors (Lipinski definition) is 8. The number of benzene rings is 1. The van der Waals surface area contributed by atoms with Crippen LogP contribution in [0.15, 0.2) is 12.1 Å². The zero-order valence-electron chi connectivity index (χ0n) is 16.4. The van der Waals surface area contributed by atoms with E-state index >= 15 is 0 Å². The van der Waals surface area contributed by atoms with Crippen LogP contribution in [0.5, 0.6) is 11.5 Å². The van der Waals surface area contributed by atoms with Crippen molar-refractivity contribution in [1.82, 2.24) is 4.90 Å². The van der Waals surface area contributed by atoms with Crippen LogP contribution in [0.2, 0.25) is 6.32 Å². The van der Waals surface area contributed by atoms with Crippen LogP contribution >= 0.6 is 0 Å². The number of phenols is 1. The SMILES string of the molecule is NC(=O)CCC(N)CC(=O)N1CC(Oc2ccc(CCB(O)O)c(O)c2C(=O)O)C1. The van der Waals surface area contributed by atoms with Crippen LogP contribution in [0.25, 0.3) is 0 Å². The number of primary amides is 1. The lowest BCUT2D eigenvalue weighted by Gasteiger charge is -2.39. The van der Waals surface area contributed by atoms with Gasteiger partial charge in [0.05, 0.1) is 13.1 Å². The summed E-state index contributed by atoms with van der Waals surface area (Å²) in [5.41, 5.74) is 10.7. The number of aromatic hydroxyl groups is 1. The summed E-state index contributed by atoms with van der Waals surface area (Å²) in [6.07, 6.45) is 0.0512. The Balaban J connectivity index is 1.93. The highest BCUT2D eigenvalue weighted by Crippen LogP contribution is 2.34. The van der Waals surface area contributed by atoms with Gasteiger partial charge < -0.3 is 41.4 Å². The predicted molar refractivity (Wildman–Crippen MR) is 106 cm³/mol. The third-order valence-corrected chi connectivity index (χ3v) is 4.80. The van der Waals surface area contributed by atoms with E-state index in [9.17, 15) is 24.6 Å². The van der Waals surface area contributed by atoms with E-state index < -0.39 is 42.5 Å². The van der Waals surface area contributed by atoms with Crippen LogP contribution in [-0.4, -0.2) is 75.3 Å². The second kappa shape index (κ2) is 10.3. The van der Waals surface area contributed by atoms with Gasteiger partial charge in [0.15, 0.2) is 0 Å². The largest absolute Gasteiger partial charge is 0.507 e. The third kappa shape index (κ3) is 6.34. The van der Waals surface area contributed by atoms with Crippen molar-refractivity contribution >= 4 is 24.9 Å². The molecule has 1 fully saturated rings.